The lowest BCUT2D eigenvalue weighted by molar-refractivity contribution is -0.132. The van der Waals surface area contributed by atoms with Gasteiger partial charge in [-0.15, -0.1) is 16.4 Å². The molecule has 0 aliphatic carbocycles. The Bertz CT molecular complexity index is 1180. The number of aromatic nitrogens is 3. The van der Waals surface area contributed by atoms with Crippen LogP contribution in [0.1, 0.15) is 52.5 Å². The summed E-state index contributed by atoms with van der Waals surface area (Å²) in [6.45, 7) is 7.83. The number of aliphatic hydroxyl groups is 1. The maximum Gasteiger partial charge on any atom is 0.301 e. The van der Waals surface area contributed by atoms with Gasteiger partial charge in [-0.3, -0.25) is 14.5 Å². The Morgan fingerprint density at radius 3 is 2.32 bits per heavy atom. The van der Waals surface area contributed by atoms with Gasteiger partial charge in [0.15, 0.2) is 5.82 Å². The van der Waals surface area contributed by atoms with Crippen molar-refractivity contribution >= 4 is 34.6 Å². The summed E-state index contributed by atoms with van der Waals surface area (Å²) in [5.74, 6) is -1.20. The van der Waals surface area contributed by atoms with E-state index >= 15 is 0 Å². The summed E-state index contributed by atoms with van der Waals surface area (Å²) in [7, 11) is 0. The van der Waals surface area contributed by atoms with Crippen molar-refractivity contribution in [1.29, 1.82) is 0 Å². The van der Waals surface area contributed by atoms with Crippen LogP contribution in [0.25, 0.3) is 5.76 Å². The van der Waals surface area contributed by atoms with Gasteiger partial charge < -0.3 is 5.11 Å². The average Bonchev–Trinajstić information content (AvgIpc) is 3.29. The van der Waals surface area contributed by atoms with Crippen molar-refractivity contribution in [2.45, 2.75) is 39.7 Å². The second kappa shape index (κ2) is 8.03. The first-order valence-corrected chi connectivity index (χ1v) is 10.7. The monoisotopic (exact) mass is 434 g/mol. The second-order valence-electron chi connectivity index (χ2n) is 7.79. The highest BCUT2D eigenvalue weighted by Crippen LogP contribution is 2.42. The van der Waals surface area contributed by atoms with Gasteiger partial charge in [0, 0.05) is 16.6 Å². The van der Waals surface area contributed by atoms with E-state index in [-0.39, 0.29) is 17.2 Å². The van der Waals surface area contributed by atoms with E-state index < -0.39 is 17.7 Å². The molecule has 8 heteroatoms. The first-order valence-electron chi connectivity index (χ1n) is 9.92. The highest BCUT2D eigenvalue weighted by Gasteiger charge is 2.49. The molecule has 3 aromatic rings. The van der Waals surface area contributed by atoms with Gasteiger partial charge in [-0.2, -0.15) is 5.10 Å². The molecule has 1 aromatic carbocycles. The van der Waals surface area contributed by atoms with Crippen LogP contribution in [-0.2, 0) is 9.59 Å². The molecular weight excluding hydrogens is 412 g/mol. The van der Waals surface area contributed by atoms with Crippen LogP contribution in [-0.4, -0.2) is 32.0 Å². The third-order valence-corrected chi connectivity index (χ3v) is 6.16. The molecule has 1 atom stereocenters. The smallest absolute Gasteiger partial charge is 0.301 e. The lowest BCUT2D eigenvalue weighted by Crippen LogP contribution is -2.30. The largest absolute Gasteiger partial charge is 0.507 e. The maximum absolute atomic E-state index is 13.1. The number of thiazole rings is 1. The van der Waals surface area contributed by atoms with Gasteiger partial charge in [-0.05, 0) is 37.5 Å². The van der Waals surface area contributed by atoms with Crippen LogP contribution >= 0.6 is 11.3 Å². The molecule has 0 spiro atoms. The van der Waals surface area contributed by atoms with Gasteiger partial charge in [-0.25, -0.2) is 4.98 Å². The molecule has 1 aliphatic rings. The molecule has 1 unspecified atom stereocenters. The minimum absolute atomic E-state index is 0.000906. The molecule has 0 radical (unpaired) electrons. The zero-order valence-corrected chi connectivity index (χ0v) is 18.5. The van der Waals surface area contributed by atoms with E-state index in [0.717, 1.165) is 10.4 Å². The van der Waals surface area contributed by atoms with Crippen molar-refractivity contribution in [2.24, 2.45) is 0 Å². The lowest BCUT2D eigenvalue weighted by Gasteiger charge is -2.21. The van der Waals surface area contributed by atoms with Crippen LogP contribution in [0.15, 0.2) is 48.2 Å². The lowest BCUT2D eigenvalue weighted by atomic mass is 9.98. The zero-order chi connectivity index (χ0) is 22.3. The molecule has 1 fully saturated rings. The fourth-order valence-electron chi connectivity index (χ4n) is 3.50. The standard InChI is InChI=1S/C23H22N4O3S/c1-12(2)15-6-8-16(9-7-15)20(28)18-19(22-24-11-14(4)31-22)27(23(30)21(18)29)17-10-5-13(3)25-26-17/h5-12,19,28H,1-4H3/b20-18-. The minimum Gasteiger partial charge on any atom is -0.507 e. The number of ketones is 1. The molecule has 31 heavy (non-hydrogen) atoms. The van der Waals surface area contributed by atoms with Gasteiger partial charge in [0.25, 0.3) is 5.78 Å². The number of aliphatic hydroxyl groups excluding tert-OH is 1. The molecule has 1 amide bonds. The number of aryl methyl sites for hydroxylation is 2. The molecule has 0 saturated carbocycles. The SMILES string of the molecule is Cc1ccc(N2C(=O)C(=O)/C(=C(\O)c3ccc(C(C)C)cc3)C2c2ncc(C)s2)nn1. The predicted octanol–water partition coefficient (Wildman–Crippen LogP) is 4.30. The first-order chi connectivity index (χ1) is 14.8. The Morgan fingerprint density at radius 1 is 1.06 bits per heavy atom. The average molecular weight is 435 g/mol. The van der Waals surface area contributed by atoms with E-state index in [2.05, 4.69) is 29.0 Å². The highest BCUT2D eigenvalue weighted by molar-refractivity contribution is 7.11. The van der Waals surface area contributed by atoms with Gasteiger partial charge in [0.05, 0.1) is 11.3 Å². The summed E-state index contributed by atoms with van der Waals surface area (Å²) >= 11 is 1.36. The van der Waals surface area contributed by atoms with Crippen LogP contribution in [0.3, 0.4) is 0 Å². The van der Waals surface area contributed by atoms with Crippen molar-refractivity contribution in [1.82, 2.24) is 15.2 Å². The Morgan fingerprint density at radius 2 is 1.77 bits per heavy atom. The number of rotatable bonds is 4. The summed E-state index contributed by atoms with van der Waals surface area (Å²) < 4.78 is 0. The highest BCUT2D eigenvalue weighted by atomic mass is 32.1. The van der Waals surface area contributed by atoms with Crippen molar-refractivity contribution < 1.29 is 14.7 Å². The van der Waals surface area contributed by atoms with Crippen molar-refractivity contribution in [3.8, 4) is 0 Å². The number of hydrogen-bond donors (Lipinski definition) is 1. The molecule has 1 N–H and O–H groups in total. The Hall–Kier alpha value is -3.39. The van der Waals surface area contributed by atoms with Gasteiger partial charge in [0.1, 0.15) is 16.8 Å². The molecule has 1 aliphatic heterocycles. The summed E-state index contributed by atoms with van der Waals surface area (Å²) in [6.07, 6.45) is 1.68. The van der Waals surface area contributed by atoms with E-state index in [1.807, 2.05) is 19.1 Å². The molecule has 4 rings (SSSR count). The minimum atomic E-state index is -0.875. The third-order valence-electron chi connectivity index (χ3n) is 5.20. The molecule has 0 bridgehead atoms. The zero-order valence-electron chi connectivity index (χ0n) is 17.7. The van der Waals surface area contributed by atoms with Crippen LogP contribution in [0, 0.1) is 13.8 Å². The Kier molecular flexibility index (Phi) is 5.41. The fraction of sp³-hybridized carbons (Fsp3) is 0.261. The molecule has 3 heterocycles. The first kappa shape index (κ1) is 20.9. The second-order valence-corrected chi connectivity index (χ2v) is 9.05. The maximum atomic E-state index is 13.1. The number of hydrogen-bond acceptors (Lipinski definition) is 7. The number of Topliss-reactive ketones (excluding diaryl/α,β-unsaturated/α-hetero) is 1. The molecule has 7 nitrogen and oxygen atoms in total. The molecule has 158 valence electrons. The Labute approximate surface area is 184 Å². The van der Waals surface area contributed by atoms with E-state index in [1.165, 1.54) is 16.2 Å². The van der Waals surface area contributed by atoms with Crippen molar-refractivity contribution in [3.05, 3.63) is 74.9 Å². The molecule has 1 saturated heterocycles. The van der Waals surface area contributed by atoms with Crippen molar-refractivity contribution in [3.63, 3.8) is 0 Å². The quantitative estimate of drug-likeness (QED) is 0.374. The number of anilines is 1. The number of amides is 1. The van der Waals surface area contributed by atoms with E-state index in [4.69, 9.17) is 0 Å². The Balaban J connectivity index is 1.88. The van der Waals surface area contributed by atoms with Gasteiger partial charge >= 0.3 is 5.91 Å². The van der Waals surface area contributed by atoms with Gasteiger partial charge in [0.2, 0.25) is 0 Å². The van der Waals surface area contributed by atoms with Crippen LogP contribution in [0.2, 0.25) is 0 Å². The third kappa shape index (κ3) is 3.74. The van der Waals surface area contributed by atoms with Crippen molar-refractivity contribution in [2.75, 3.05) is 4.90 Å². The van der Waals surface area contributed by atoms with Gasteiger partial charge in [-0.1, -0.05) is 38.1 Å². The van der Waals surface area contributed by atoms with E-state index in [9.17, 15) is 14.7 Å². The number of nitrogens with zero attached hydrogens (tertiary/aromatic N) is 4. The molecule has 2 aromatic heterocycles. The normalized spacial score (nSPS) is 18.2. The summed E-state index contributed by atoms with van der Waals surface area (Å²) in [5, 5.41) is 19.8. The van der Waals surface area contributed by atoms with Crippen LogP contribution in [0.5, 0.6) is 0 Å². The number of benzene rings is 1. The molecular formula is C23H22N4O3S. The summed E-state index contributed by atoms with van der Waals surface area (Å²) in [5.41, 5.74) is 2.26. The van der Waals surface area contributed by atoms with E-state index in [0.29, 0.717) is 22.2 Å². The predicted molar refractivity (Wildman–Crippen MR) is 119 cm³/mol. The fourth-order valence-corrected chi connectivity index (χ4v) is 4.38. The van der Waals surface area contributed by atoms with E-state index in [1.54, 1.807) is 37.4 Å². The number of carbonyl (C=O) groups excluding carboxylic acids is 2. The van der Waals surface area contributed by atoms with Crippen LogP contribution in [0.4, 0.5) is 5.82 Å². The number of carbonyl (C=O) groups is 2. The van der Waals surface area contributed by atoms with Crippen LogP contribution < -0.4 is 4.90 Å². The topological polar surface area (TPSA) is 96.3 Å². The summed E-state index contributed by atoms with van der Waals surface area (Å²) in [4.78, 5) is 32.7. The summed E-state index contributed by atoms with van der Waals surface area (Å²) in [6, 6.07) is 9.81.